The van der Waals surface area contributed by atoms with Crippen molar-refractivity contribution in [2.75, 3.05) is 4.72 Å². The van der Waals surface area contributed by atoms with Gasteiger partial charge in [0.1, 0.15) is 11.3 Å². The number of aromatic nitrogens is 1. The third-order valence-corrected chi connectivity index (χ3v) is 6.79. The molecule has 1 N–H and O–H groups in total. The summed E-state index contributed by atoms with van der Waals surface area (Å²) in [5, 5.41) is -0.473. The molecule has 136 valence electrons. The Labute approximate surface area is 162 Å². The predicted octanol–water partition coefficient (Wildman–Crippen LogP) is 4.21. The van der Waals surface area contributed by atoms with E-state index in [1.807, 2.05) is 22.6 Å². The molecule has 0 bridgehead atoms. The van der Waals surface area contributed by atoms with Gasteiger partial charge in [-0.15, -0.1) is 0 Å². The normalized spacial score (nSPS) is 14.7. The van der Waals surface area contributed by atoms with E-state index < -0.39 is 26.9 Å². The summed E-state index contributed by atoms with van der Waals surface area (Å²) in [6.07, 6.45) is 2.12. The zero-order valence-corrected chi connectivity index (χ0v) is 16.3. The van der Waals surface area contributed by atoms with Gasteiger partial charge in [0.05, 0.1) is 10.9 Å². The van der Waals surface area contributed by atoms with Crippen molar-refractivity contribution in [1.82, 2.24) is 4.98 Å². The molecule has 0 radical (unpaired) electrons. The first kappa shape index (κ1) is 17.7. The first-order valence-electron chi connectivity index (χ1n) is 7.85. The second kappa shape index (κ2) is 6.45. The van der Waals surface area contributed by atoms with Crippen LogP contribution in [0.1, 0.15) is 24.0 Å². The number of hydrogen-bond donors (Lipinski definition) is 1. The molecule has 1 heterocycles. The summed E-state index contributed by atoms with van der Waals surface area (Å²) < 4.78 is 62.1. The minimum atomic E-state index is -3.61. The molecule has 0 saturated heterocycles. The molecule has 9 heteroatoms. The van der Waals surface area contributed by atoms with Crippen molar-refractivity contribution in [3.63, 3.8) is 0 Å². The van der Waals surface area contributed by atoms with Crippen molar-refractivity contribution in [2.24, 2.45) is 0 Å². The Hall–Kier alpha value is -1.75. The number of nitrogens with one attached hydrogen (secondary N) is 1. The van der Waals surface area contributed by atoms with E-state index in [1.54, 1.807) is 12.1 Å². The van der Waals surface area contributed by atoms with Gasteiger partial charge in [-0.25, -0.2) is 22.2 Å². The molecule has 0 aliphatic heterocycles. The fraction of sp³-hybridized carbons (Fsp3) is 0.235. The Morgan fingerprint density at radius 2 is 2.04 bits per heavy atom. The van der Waals surface area contributed by atoms with E-state index in [4.69, 9.17) is 4.42 Å². The van der Waals surface area contributed by atoms with E-state index in [9.17, 15) is 17.2 Å². The molecular formula is C17H13F2IN2O3S. The summed E-state index contributed by atoms with van der Waals surface area (Å²) in [5.74, 6) is -1.20. The van der Waals surface area contributed by atoms with Crippen LogP contribution in [0.15, 0.2) is 35.1 Å². The maximum absolute atomic E-state index is 15.0. The lowest BCUT2D eigenvalue weighted by molar-refractivity contribution is 0.596. The van der Waals surface area contributed by atoms with Gasteiger partial charge in [0.2, 0.25) is 10.0 Å². The summed E-state index contributed by atoms with van der Waals surface area (Å²) in [5.41, 5.74) is 0.467. The maximum atomic E-state index is 15.0. The van der Waals surface area contributed by atoms with Gasteiger partial charge in [0, 0.05) is 21.6 Å². The fourth-order valence-corrected chi connectivity index (χ4v) is 4.60. The molecular weight excluding hydrogens is 477 g/mol. The Balaban J connectivity index is 1.82. The maximum Gasteiger partial charge on any atom is 0.235 e. The molecule has 1 aliphatic carbocycles. The lowest BCUT2D eigenvalue weighted by Gasteiger charge is -2.14. The zero-order chi connectivity index (χ0) is 18.5. The molecule has 1 aromatic heterocycles. The van der Waals surface area contributed by atoms with Gasteiger partial charge in [-0.05, 0) is 53.1 Å². The van der Waals surface area contributed by atoms with Crippen LogP contribution in [-0.4, -0.2) is 18.7 Å². The third-order valence-electron chi connectivity index (χ3n) is 4.27. The van der Waals surface area contributed by atoms with Gasteiger partial charge >= 0.3 is 0 Å². The van der Waals surface area contributed by atoms with Gasteiger partial charge in [0.25, 0.3) is 0 Å². The van der Waals surface area contributed by atoms with Gasteiger partial charge in [0.15, 0.2) is 17.8 Å². The monoisotopic (exact) mass is 490 g/mol. The Kier molecular flexibility index (Phi) is 4.38. The SMILES string of the molecule is O=S(=O)(Nc1cc2ocnc2c(F)c1Cc1ccc(I)cc1F)C1CC1. The molecule has 1 fully saturated rings. The molecule has 1 saturated carbocycles. The van der Waals surface area contributed by atoms with Crippen molar-refractivity contribution in [2.45, 2.75) is 24.5 Å². The van der Waals surface area contributed by atoms with E-state index in [0.717, 1.165) is 6.39 Å². The smallest absolute Gasteiger partial charge is 0.235 e. The molecule has 2 aromatic carbocycles. The number of rotatable bonds is 5. The molecule has 3 aromatic rings. The molecule has 0 atom stereocenters. The topological polar surface area (TPSA) is 72.2 Å². The molecule has 1 aliphatic rings. The van der Waals surface area contributed by atoms with Gasteiger partial charge < -0.3 is 4.42 Å². The van der Waals surface area contributed by atoms with E-state index in [1.165, 1.54) is 12.1 Å². The largest absolute Gasteiger partial charge is 0.443 e. The van der Waals surface area contributed by atoms with Crippen molar-refractivity contribution in [1.29, 1.82) is 0 Å². The number of nitrogens with zero attached hydrogens (tertiary/aromatic N) is 1. The summed E-state index contributed by atoms with van der Waals surface area (Å²) in [6, 6.07) is 6.00. The molecule has 0 amide bonds. The first-order valence-corrected chi connectivity index (χ1v) is 10.5. The van der Waals surface area contributed by atoms with E-state index >= 15 is 0 Å². The summed E-state index contributed by atoms with van der Waals surface area (Å²) in [6.45, 7) is 0. The predicted molar refractivity (Wildman–Crippen MR) is 101 cm³/mol. The highest BCUT2D eigenvalue weighted by Gasteiger charge is 2.36. The van der Waals surface area contributed by atoms with Gasteiger partial charge in [-0.1, -0.05) is 6.07 Å². The number of anilines is 1. The van der Waals surface area contributed by atoms with Crippen molar-refractivity contribution < 1.29 is 21.6 Å². The van der Waals surface area contributed by atoms with Crippen LogP contribution in [-0.2, 0) is 16.4 Å². The summed E-state index contributed by atoms with van der Waals surface area (Å²) >= 11 is 1.98. The summed E-state index contributed by atoms with van der Waals surface area (Å²) in [7, 11) is -3.61. The van der Waals surface area contributed by atoms with Gasteiger partial charge in [-0.3, -0.25) is 4.72 Å². The standard InChI is InChI=1S/C17H13F2IN2O3S/c18-13-6-10(20)2-1-9(13)5-12-14(22-26(23,24)11-3-4-11)7-15-17(16(12)19)21-8-25-15/h1-2,6-8,11,22H,3-5H2. The molecule has 0 spiro atoms. The second-order valence-electron chi connectivity index (χ2n) is 6.17. The average Bonchev–Trinajstić information content (AvgIpc) is 3.33. The third kappa shape index (κ3) is 3.29. The number of benzene rings is 2. The number of sulfonamides is 1. The quantitative estimate of drug-likeness (QED) is 0.545. The van der Waals surface area contributed by atoms with Crippen LogP contribution in [0.3, 0.4) is 0 Å². The van der Waals surface area contributed by atoms with Crippen molar-refractivity contribution >= 4 is 49.4 Å². The first-order chi connectivity index (χ1) is 12.3. The zero-order valence-electron chi connectivity index (χ0n) is 13.3. The van der Waals surface area contributed by atoms with Crippen molar-refractivity contribution in [3.8, 4) is 0 Å². The lowest BCUT2D eigenvalue weighted by Crippen LogP contribution is -2.19. The highest BCUT2D eigenvalue weighted by atomic mass is 127. The average molecular weight is 490 g/mol. The van der Waals surface area contributed by atoms with Crippen LogP contribution in [0.5, 0.6) is 0 Å². The van der Waals surface area contributed by atoms with Crippen LogP contribution >= 0.6 is 22.6 Å². The van der Waals surface area contributed by atoms with Crippen LogP contribution in [0.4, 0.5) is 14.5 Å². The van der Waals surface area contributed by atoms with Crippen LogP contribution in [0, 0.1) is 15.2 Å². The highest BCUT2D eigenvalue weighted by Crippen LogP contribution is 2.34. The Bertz CT molecular complexity index is 1110. The number of fused-ring (bicyclic) bond motifs is 1. The molecule has 5 nitrogen and oxygen atoms in total. The Morgan fingerprint density at radius 1 is 1.27 bits per heavy atom. The minimum Gasteiger partial charge on any atom is -0.443 e. The number of halogens is 3. The van der Waals surface area contributed by atoms with E-state index in [0.29, 0.717) is 16.4 Å². The van der Waals surface area contributed by atoms with E-state index in [-0.39, 0.29) is 34.3 Å². The minimum absolute atomic E-state index is 0.0136. The fourth-order valence-electron chi connectivity index (χ4n) is 2.74. The second-order valence-corrected chi connectivity index (χ2v) is 9.38. The molecule has 0 unspecified atom stereocenters. The van der Waals surface area contributed by atoms with Crippen LogP contribution < -0.4 is 4.72 Å². The number of hydrogen-bond acceptors (Lipinski definition) is 4. The summed E-state index contributed by atoms with van der Waals surface area (Å²) in [4.78, 5) is 3.83. The van der Waals surface area contributed by atoms with Crippen LogP contribution in [0.25, 0.3) is 11.1 Å². The van der Waals surface area contributed by atoms with E-state index in [2.05, 4.69) is 9.71 Å². The van der Waals surface area contributed by atoms with Crippen molar-refractivity contribution in [3.05, 3.63) is 57.0 Å². The highest BCUT2D eigenvalue weighted by molar-refractivity contribution is 14.1. The van der Waals surface area contributed by atoms with Gasteiger partial charge in [-0.2, -0.15) is 0 Å². The molecule has 26 heavy (non-hydrogen) atoms. The molecule has 4 rings (SSSR count). The lowest BCUT2D eigenvalue weighted by atomic mass is 10.0. The van der Waals surface area contributed by atoms with Crippen LogP contribution in [0.2, 0.25) is 0 Å². The number of oxazole rings is 1. The Morgan fingerprint density at radius 3 is 2.73 bits per heavy atom.